The molecule has 5 heteroatoms. The SMILES string of the molecule is [CH3][Al]1[O]c2ccccc2C=NCCN=Cc2ccccc2[O]1. The summed E-state index contributed by atoms with van der Waals surface area (Å²) in [6.45, 7) is 1.31. The number of fused-ring (bicyclic) bond motifs is 2. The van der Waals surface area contributed by atoms with Gasteiger partial charge in [-0.2, -0.15) is 0 Å². The monoisotopic (exact) mass is 308 g/mol. The van der Waals surface area contributed by atoms with Crippen molar-refractivity contribution in [1.29, 1.82) is 0 Å². The normalized spacial score (nSPS) is 14.5. The minimum atomic E-state index is -1.86. The van der Waals surface area contributed by atoms with Crippen LogP contribution in [0.2, 0.25) is 5.79 Å². The average molecular weight is 308 g/mol. The number of para-hydroxylation sites is 2. The summed E-state index contributed by atoms with van der Waals surface area (Å²) in [7, 11) is 0. The van der Waals surface area contributed by atoms with Crippen molar-refractivity contribution in [2.24, 2.45) is 9.98 Å². The van der Waals surface area contributed by atoms with Crippen LogP contribution in [-0.2, 0) is 0 Å². The van der Waals surface area contributed by atoms with Crippen molar-refractivity contribution < 1.29 is 7.58 Å². The van der Waals surface area contributed by atoms with Crippen LogP contribution in [0.4, 0.5) is 0 Å². The Balaban J connectivity index is 1.93. The fraction of sp³-hybridized carbons (Fsp3) is 0.176. The summed E-state index contributed by atoms with van der Waals surface area (Å²) in [4.78, 5) is 8.83. The van der Waals surface area contributed by atoms with E-state index in [0.717, 1.165) is 22.6 Å². The van der Waals surface area contributed by atoms with Crippen molar-refractivity contribution in [3.8, 4) is 11.5 Å². The smallest absolute Gasteiger partial charge is 0.611 e. The molecule has 0 aliphatic carbocycles. The molecule has 1 aliphatic heterocycles. The van der Waals surface area contributed by atoms with Gasteiger partial charge in [-0.3, -0.25) is 9.98 Å². The molecule has 22 heavy (non-hydrogen) atoms. The molecule has 110 valence electrons. The molecule has 2 aromatic carbocycles. The molecule has 0 amide bonds. The van der Waals surface area contributed by atoms with Gasteiger partial charge in [0.25, 0.3) is 0 Å². The summed E-state index contributed by atoms with van der Waals surface area (Å²) in [5.74, 6) is 3.66. The lowest BCUT2D eigenvalue weighted by molar-refractivity contribution is 0.430. The third-order valence-electron chi connectivity index (χ3n) is 3.24. The van der Waals surface area contributed by atoms with Crippen molar-refractivity contribution in [3.05, 3.63) is 59.7 Å². The summed E-state index contributed by atoms with van der Waals surface area (Å²) < 4.78 is 12.1. The van der Waals surface area contributed by atoms with Gasteiger partial charge in [-0.05, 0) is 30.1 Å². The summed E-state index contributed by atoms with van der Waals surface area (Å²) >= 11 is -1.86. The molecule has 1 aliphatic rings. The molecule has 0 saturated carbocycles. The van der Waals surface area contributed by atoms with E-state index in [1.807, 2.05) is 66.7 Å². The van der Waals surface area contributed by atoms with Crippen LogP contribution in [0.1, 0.15) is 11.1 Å². The van der Waals surface area contributed by atoms with Gasteiger partial charge in [0.15, 0.2) is 0 Å². The minimum absolute atomic E-state index is 0.654. The van der Waals surface area contributed by atoms with Crippen LogP contribution >= 0.6 is 0 Å². The highest BCUT2D eigenvalue weighted by Crippen LogP contribution is 2.21. The summed E-state index contributed by atoms with van der Waals surface area (Å²) in [5.41, 5.74) is 1.95. The van der Waals surface area contributed by atoms with Crippen molar-refractivity contribution in [1.82, 2.24) is 0 Å². The first-order chi connectivity index (χ1) is 10.8. The maximum absolute atomic E-state index is 6.05. The van der Waals surface area contributed by atoms with Crippen LogP contribution < -0.4 is 7.58 Å². The second-order valence-corrected chi connectivity index (χ2v) is 6.56. The Bertz CT molecular complexity index is 641. The molecule has 0 unspecified atom stereocenters. The highest BCUT2D eigenvalue weighted by Gasteiger charge is 2.26. The summed E-state index contributed by atoms with van der Waals surface area (Å²) in [5, 5.41) is 0. The van der Waals surface area contributed by atoms with Crippen molar-refractivity contribution in [3.63, 3.8) is 0 Å². The van der Waals surface area contributed by atoms with E-state index in [4.69, 9.17) is 7.58 Å². The molecule has 0 fully saturated rings. The first kappa shape index (κ1) is 14.8. The van der Waals surface area contributed by atoms with Gasteiger partial charge in [-0.25, -0.2) is 0 Å². The highest BCUT2D eigenvalue weighted by molar-refractivity contribution is 6.44. The molecule has 4 nitrogen and oxygen atoms in total. The third-order valence-corrected chi connectivity index (χ3v) is 4.41. The maximum atomic E-state index is 6.05. The Hall–Kier alpha value is -2.09. The zero-order valence-corrected chi connectivity index (χ0v) is 13.6. The number of benzene rings is 2. The maximum Gasteiger partial charge on any atom is 0.853 e. The zero-order valence-electron chi connectivity index (χ0n) is 12.5. The third kappa shape index (κ3) is 3.76. The van der Waals surface area contributed by atoms with Crippen molar-refractivity contribution in [2.45, 2.75) is 5.79 Å². The number of nitrogens with zero attached hydrogens (tertiary/aromatic N) is 2. The Labute approximate surface area is 135 Å². The minimum Gasteiger partial charge on any atom is -0.611 e. The number of rotatable bonds is 0. The topological polar surface area (TPSA) is 43.2 Å². The largest absolute Gasteiger partial charge is 0.853 e. The molecule has 0 spiro atoms. The zero-order chi connectivity index (χ0) is 15.2. The molecule has 0 N–H and O–H groups in total. The fourth-order valence-electron chi connectivity index (χ4n) is 2.21. The quantitative estimate of drug-likeness (QED) is 0.702. The lowest BCUT2D eigenvalue weighted by Gasteiger charge is -2.16. The number of hydrogen-bond donors (Lipinski definition) is 0. The van der Waals surface area contributed by atoms with Gasteiger partial charge >= 0.3 is 14.8 Å². The van der Waals surface area contributed by atoms with E-state index in [1.165, 1.54) is 0 Å². The van der Waals surface area contributed by atoms with Crippen LogP contribution in [0.5, 0.6) is 11.5 Å². The van der Waals surface area contributed by atoms with Crippen LogP contribution in [0.3, 0.4) is 0 Å². The van der Waals surface area contributed by atoms with Gasteiger partial charge in [0, 0.05) is 23.6 Å². The second-order valence-electron chi connectivity index (χ2n) is 4.95. The standard InChI is InChI=1S/C16H16N2O2.CH3.Al/c19-15-7-3-1-5-13(15)11-17-9-10-18-12-14-6-2-4-8-16(14)20;;/h1-8,11-12,19-20H,9-10H2;1H3;/q;;+2/p-2. The van der Waals surface area contributed by atoms with Gasteiger partial charge in [-0.1, -0.05) is 24.3 Å². The molecule has 1 heterocycles. The van der Waals surface area contributed by atoms with Crippen molar-refractivity contribution in [2.75, 3.05) is 13.1 Å². The van der Waals surface area contributed by atoms with Crippen LogP contribution in [0.25, 0.3) is 0 Å². The van der Waals surface area contributed by atoms with E-state index in [2.05, 4.69) is 9.98 Å². The molecule has 3 rings (SSSR count). The molecular formula is C17H17AlN2O2. The first-order valence-corrected chi connectivity index (χ1v) is 9.44. The lowest BCUT2D eigenvalue weighted by atomic mass is 10.2. The van der Waals surface area contributed by atoms with Crippen molar-refractivity contribution >= 4 is 27.2 Å². The summed E-state index contributed by atoms with van der Waals surface area (Å²) in [6, 6.07) is 15.8. The van der Waals surface area contributed by atoms with Gasteiger partial charge < -0.3 is 7.58 Å². The molecule has 0 radical (unpaired) electrons. The van der Waals surface area contributed by atoms with E-state index in [0.29, 0.717) is 13.1 Å². The number of aliphatic imine (C=N–C) groups is 2. The molecule has 0 bridgehead atoms. The summed E-state index contributed by atoms with van der Waals surface area (Å²) in [6.07, 6.45) is 3.69. The van der Waals surface area contributed by atoms with Crippen LogP contribution in [0.15, 0.2) is 58.5 Å². The van der Waals surface area contributed by atoms with E-state index in [9.17, 15) is 0 Å². The highest BCUT2D eigenvalue weighted by atomic mass is 27.2. The van der Waals surface area contributed by atoms with Gasteiger partial charge in [0.1, 0.15) is 0 Å². The van der Waals surface area contributed by atoms with Gasteiger partial charge in [0.05, 0.1) is 24.6 Å². The van der Waals surface area contributed by atoms with E-state index in [-0.39, 0.29) is 0 Å². The van der Waals surface area contributed by atoms with Crippen LogP contribution in [-0.4, -0.2) is 40.3 Å². The predicted octanol–water partition coefficient (Wildman–Crippen LogP) is 3.11. The lowest BCUT2D eigenvalue weighted by Crippen LogP contribution is -2.26. The van der Waals surface area contributed by atoms with E-state index < -0.39 is 14.8 Å². The second kappa shape index (κ2) is 7.26. The first-order valence-electron chi connectivity index (χ1n) is 7.34. The number of hydrogen-bond acceptors (Lipinski definition) is 4. The van der Waals surface area contributed by atoms with Gasteiger partial charge in [-0.15, -0.1) is 0 Å². The predicted molar refractivity (Wildman–Crippen MR) is 90.7 cm³/mol. The Kier molecular flexibility index (Phi) is 4.89. The average Bonchev–Trinajstić information content (AvgIpc) is 2.54. The van der Waals surface area contributed by atoms with Gasteiger partial charge in [0.2, 0.25) is 0 Å². The Morgan fingerprint density at radius 1 is 0.773 bits per heavy atom. The Morgan fingerprint density at radius 2 is 1.23 bits per heavy atom. The van der Waals surface area contributed by atoms with E-state index >= 15 is 0 Å². The molecule has 0 atom stereocenters. The Morgan fingerprint density at radius 3 is 1.73 bits per heavy atom. The molecule has 2 aromatic rings. The molecular weight excluding hydrogens is 291 g/mol. The van der Waals surface area contributed by atoms with Crippen LogP contribution in [0, 0.1) is 0 Å². The molecule has 0 aromatic heterocycles. The molecule has 0 saturated heterocycles. The van der Waals surface area contributed by atoms with E-state index in [1.54, 1.807) is 0 Å². The fourth-order valence-corrected chi connectivity index (χ4v) is 3.40.